The molecule has 2 fully saturated rings. The molecule has 1 aromatic rings. The molecule has 114 valence electrons. The van der Waals surface area contributed by atoms with Gasteiger partial charge in [0.1, 0.15) is 5.75 Å². The predicted molar refractivity (Wildman–Crippen MR) is 85.7 cm³/mol. The Morgan fingerprint density at radius 3 is 2.81 bits per heavy atom. The summed E-state index contributed by atoms with van der Waals surface area (Å²) in [7, 11) is 2.16. The molecule has 2 saturated carbocycles. The summed E-state index contributed by atoms with van der Waals surface area (Å²) in [6.07, 6.45) is 9.50. The van der Waals surface area contributed by atoms with E-state index in [9.17, 15) is 0 Å². The van der Waals surface area contributed by atoms with Crippen molar-refractivity contribution in [2.24, 2.45) is 17.8 Å². The van der Waals surface area contributed by atoms with Crippen LogP contribution >= 0.6 is 0 Å². The maximum absolute atomic E-state index is 5.60. The van der Waals surface area contributed by atoms with Crippen molar-refractivity contribution in [2.75, 3.05) is 13.7 Å². The van der Waals surface area contributed by atoms with Crippen LogP contribution in [0.2, 0.25) is 0 Å². The van der Waals surface area contributed by atoms with E-state index in [1.165, 1.54) is 49.7 Å². The fourth-order valence-electron chi connectivity index (χ4n) is 4.89. The van der Waals surface area contributed by atoms with Gasteiger partial charge in [0.05, 0.1) is 6.61 Å². The minimum absolute atomic E-state index is 0.725. The van der Waals surface area contributed by atoms with E-state index in [4.69, 9.17) is 4.74 Å². The fraction of sp³-hybridized carbons (Fsp3) is 0.684. The molecule has 1 N–H and O–H groups in total. The van der Waals surface area contributed by atoms with Gasteiger partial charge >= 0.3 is 0 Å². The molecule has 1 aliphatic heterocycles. The Kier molecular flexibility index (Phi) is 3.66. The fourth-order valence-corrected chi connectivity index (χ4v) is 4.89. The number of hydrogen-bond acceptors (Lipinski definition) is 2. The van der Waals surface area contributed by atoms with E-state index in [1.807, 2.05) is 0 Å². The molecule has 2 nitrogen and oxygen atoms in total. The molecule has 1 heterocycles. The van der Waals surface area contributed by atoms with Crippen molar-refractivity contribution in [3.63, 3.8) is 0 Å². The maximum atomic E-state index is 5.60. The summed E-state index contributed by atoms with van der Waals surface area (Å²) in [4.78, 5) is 0. The minimum atomic E-state index is 0.725. The largest absolute Gasteiger partial charge is 0.493 e. The Morgan fingerprint density at radius 1 is 1.24 bits per heavy atom. The van der Waals surface area contributed by atoms with Gasteiger partial charge in [-0.05, 0) is 67.7 Å². The molecule has 3 atom stereocenters. The van der Waals surface area contributed by atoms with Crippen molar-refractivity contribution in [3.8, 4) is 5.75 Å². The molecule has 4 rings (SSSR count). The summed E-state index contributed by atoms with van der Waals surface area (Å²) in [5.74, 6) is 4.17. The lowest BCUT2D eigenvalue weighted by Gasteiger charge is -2.17. The van der Waals surface area contributed by atoms with E-state index in [0.29, 0.717) is 0 Å². The lowest BCUT2D eigenvalue weighted by atomic mass is 9.98. The molecule has 0 amide bonds. The quantitative estimate of drug-likeness (QED) is 0.893. The number of fused-ring (bicyclic) bond motifs is 2. The number of ether oxygens (including phenoxy) is 1. The molecule has 2 heteroatoms. The van der Waals surface area contributed by atoms with Gasteiger partial charge in [-0.15, -0.1) is 0 Å². The molecule has 0 saturated heterocycles. The van der Waals surface area contributed by atoms with Crippen LogP contribution in [0, 0.1) is 17.8 Å². The molecule has 3 aliphatic rings. The van der Waals surface area contributed by atoms with Crippen LogP contribution in [0.4, 0.5) is 0 Å². The van der Waals surface area contributed by atoms with Crippen molar-refractivity contribution in [1.29, 1.82) is 0 Å². The topological polar surface area (TPSA) is 21.3 Å². The summed E-state index contributed by atoms with van der Waals surface area (Å²) >= 11 is 0. The molecular formula is C19H27NO. The third kappa shape index (κ3) is 2.59. The number of aryl methyl sites for hydroxylation is 1. The number of benzene rings is 1. The van der Waals surface area contributed by atoms with E-state index < -0.39 is 0 Å². The summed E-state index contributed by atoms with van der Waals surface area (Å²) in [5.41, 5.74) is 2.90. The SMILES string of the molecule is CNC(CCc1ccc2c(c1)CCO2)C1C2CCCCC21. The second-order valence-corrected chi connectivity index (χ2v) is 7.16. The van der Waals surface area contributed by atoms with Gasteiger partial charge < -0.3 is 10.1 Å². The first kappa shape index (κ1) is 13.6. The first-order valence-electron chi connectivity index (χ1n) is 8.78. The number of nitrogens with one attached hydrogen (secondary N) is 1. The smallest absolute Gasteiger partial charge is 0.122 e. The summed E-state index contributed by atoms with van der Waals surface area (Å²) < 4.78 is 5.60. The van der Waals surface area contributed by atoms with Crippen LogP contribution in [0.3, 0.4) is 0 Å². The van der Waals surface area contributed by atoms with Crippen molar-refractivity contribution >= 4 is 0 Å². The Morgan fingerprint density at radius 2 is 2.05 bits per heavy atom. The van der Waals surface area contributed by atoms with Gasteiger partial charge in [0.25, 0.3) is 0 Å². The van der Waals surface area contributed by atoms with Crippen LogP contribution in [0.5, 0.6) is 5.75 Å². The van der Waals surface area contributed by atoms with Gasteiger partial charge in [-0.1, -0.05) is 25.0 Å². The van der Waals surface area contributed by atoms with E-state index in [2.05, 4.69) is 30.6 Å². The third-order valence-corrected chi connectivity index (χ3v) is 6.06. The Bertz CT molecular complexity index is 500. The zero-order chi connectivity index (χ0) is 14.2. The molecule has 0 radical (unpaired) electrons. The molecule has 1 aromatic carbocycles. The van der Waals surface area contributed by atoms with Crippen molar-refractivity contribution < 1.29 is 4.74 Å². The van der Waals surface area contributed by atoms with Gasteiger partial charge in [-0.3, -0.25) is 0 Å². The zero-order valence-corrected chi connectivity index (χ0v) is 13.1. The molecular weight excluding hydrogens is 258 g/mol. The number of hydrogen-bond donors (Lipinski definition) is 1. The Labute approximate surface area is 128 Å². The van der Waals surface area contributed by atoms with Crippen LogP contribution in [-0.4, -0.2) is 19.7 Å². The highest BCUT2D eigenvalue weighted by Gasteiger charge is 2.53. The standard InChI is InChI=1S/C19H27NO/c1-20-17(19-15-4-2-3-5-16(15)19)8-6-13-7-9-18-14(12-13)10-11-21-18/h7,9,12,15-17,19-20H,2-6,8,10-11H2,1H3. The van der Waals surface area contributed by atoms with Crippen molar-refractivity contribution in [2.45, 2.75) is 51.0 Å². The molecule has 3 unspecified atom stereocenters. The first-order valence-corrected chi connectivity index (χ1v) is 8.78. The van der Waals surface area contributed by atoms with E-state index in [1.54, 1.807) is 0 Å². The average Bonchev–Trinajstić information content (AvgIpc) is 3.05. The third-order valence-electron chi connectivity index (χ3n) is 6.06. The maximum Gasteiger partial charge on any atom is 0.122 e. The molecule has 0 aromatic heterocycles. The van der Waals surface area contributed by atoms with Crippen LogP contribution in [0.15, 0.2) is 18.2 Å². The van der Waals surface area contributed by atoms with Gasteiger partial charge in [0.2, 0.25) is 0 Å². The minimum Gasteiger partial charge on any atom is -0.493 e. The van der Waals surface area contributed by atoms with Crippen LogP contribution in [0.25, 0.3) is 0 Å². The molecule has 2 aliphatic carbocycles. The molecule has 0 bridgehead atoms. The second-order valence-electron chi connectivity index (χ2n) is 7.16. The zero-order valence-electron chi connectivity index (χ0n) is 13.1. The summed E-state index contributed by atoms with van der Waals surface area (Å²) in [6, 6.07) is 7.53. The molecule has 0 spiro atoms. The van der Waals surface area contributed by atoms with Gasteiger partial charge in [-0.2, -0.15) is 0 Å². The van der Waals surface area contributed by atoms with Crippen molar-refractivity contribution in [3.05, 3.63) is 29.3 Å². The van der Waals surface area contributed by atoms with Gasteiger partial charge in [0.15, 0.2) is 0 Å². The summed E-state index contributed by atoms with van der Waals surface area (Å²) in [5, 5.41) is 3.62. The summed E-state index contributed by atoms with van der Waals surface area (Å²) in [6.45, 7) is 0.864. The normalized spacial score (nSPS) is 31.2. The highest BCUT2D eigenvalue weighted by Crippen LogP contribution is 2.57. The van der Waals surface area contributed by atoms with E-state index in [0.717, 1.165) is 42.6 Å². The predicted octanol–water partition coefficient (Wildman–Crippen LogP) is 3.58. The highest BCUT2D eigenvalue weighted by atomic mass is 16.5. The number of rotatable bonds is 5. The lowest BCUT2D eigenvalue weighted by molar-refractivity contribution is 0.357. The van der Waals surface area contributed by atoms with E-state index in [-0.39, 0.29) is 0 Å². The van der Waals surface area contributed by atoms with E-state index >= 15 is 0 Å². The molecule has 21 heavy (non-hydrogen) atoms. The monoisotopic (exact) mass is 285 g/mol. The lowest BCUT2D eigenvalue weighted by Crippen LogP contribution is -2.29. The van der Waals surface area contributed by atoms with Crippen LogP contribution in [-0.2, 0) is 12.8 Å². The van der Waals surface area contributed by atoms with Gasteiger partial charge in [0, 0.05) is 12.5 Å². The van der Waals surface area contributed by atoms with Gasteiger partial charge in [-0.25, -0.2) is 0 Å². The first-order chi connectivity index (χ1) is 10.4. The van der Waals surface area contributed by atoms with Crippen LogP contribution in [0.1, 0.15) is 43.2 Å². The Balaban J connectivity index is 1.37. The highest BCUT2D eigenvalue weighted by molar-refractivity contribution is 5.39. The second kappa shape index (κ2) is 5.64. The van der Waals surface area contributed by atoms with Crippen LogP contribution < -0.4 is 10.1 Å². The Hall–Kier alpha value is -1.02. The average molecular weight is 285 g/mol. The van der Waals surface area contributed by atoms with Crippen molar-refractivity contribution in [1.82, 2.24) is 5.32 Å².